The molecule has 1 heteroatoms. The van der Waals surface area contributed by atoms with E-state index in [-0.39, 0.29) is 0 Å². The Morgan fingerprint density at radius 2 is 1.38 bits per heavy atom. The van der Waals surface area contributed by atoms with Crippen LogP contribution >= 0.6 is 0 Å². The minimum Gasteiger partial charge on any atom is -0.264 e. The van der Waals surface area contributed by atoms with Gasteiger partial charge in [-0.15, -0.1) is 0 Å². The van der Waals surface area contributed by atoms with Gasteiger partial charge in [-0.25, -0.2) is 0 Å². The molecule has 1 aromatic heterocycles. The van der Waals surface area contributed by atoms with Gasteiger partial charge in [0.25, 0.3) is 0 Å². The van der Waals surface area contributed by atoms with Crippen molar-refractivity contribution in [3.05, 3.63) is 53.9 Å². The van der Waals surface area contributed by atoms with E-state index in [2.05, 4.69) is 49.2 Å². The predicted molar refractivity (Wildman–Crippen MR) is 68.7 cm³/mol. The average Bonchev–Trinajstić information content (AvgIpc) is 2.36. The lowest BCUT2D eigenvalue weighted by Gasteiger charge is -2.10. The molecule has 0 aliphatic carbocycles. The van der Waals surface area contributed by atoms with Crippen molar-refractivity contribution in [2.24, 2.45) is 0 Å². The lowest BCUT2D eigenvalue weighted by Crippen LogP contribution is -1.88. The van der Waals surface area contributed by atoms with E-state index >= 15 is 0 Å². The molecule has 3 aromatic rings. The Balaban J connectivity index is 2.69. The lowest BCUT2D eigenvalue weighted by atomic mass is 9.94. The molecule has 0 atom stereocenters. The topological polar surface area (TPSA) is 12.9 Å². The van der Waals surface area contributed by atoms with Gasteiger partial charge in [0, 0.05) is 17.8 Å². The number of hydrogen-bond donors (Lipinski definition) is 0. The molecular weight excluding hydrogens is 194 g/mol. The second-order valence-electron chi connectivity index (χ2n) is 4.22. The van der Waals surface area contributed by atoms with Gasteiger partial charge in [0.15, 0.2) is 0 Å². The van der Waals surface area contributed by atoms with Crippen molar-refractivity contribution in [1.82, 2.24) is 4.98 Å². The van der Waals surface area contributed by atoms with E-state index in [9.17, 15) is 0 Å². The molecule has 0 bridgehead atoms. The van der Waals surface area contributed by atoms with Crippen LogP contribution in [0, 0.1) is 13.8 Å². The van der Waals surface area contributed by atoms with E-state index in [1.165, 1.54) is 32.7 Å². The van der Waals surface area contributed by atoms with E-state index < -0.39 is 0 Å². The van der Waals surface area contributed by atoms with Crippen LogP contribution in [0.4, 0.5) is 0 Å². The van der Waals surface area contributed by atoms with Crippen molar-refractivity contribution in [3.63, 3.8) is 0 Å². The Morgan fingerprint density at radius 3 is 2.12 bits per heavy atom. The quantitative estimate of drug-likeness (QED) is 0.508. The summed E-state index contributed by atoms with van der Waals surface area (Å²) >= 11 is 0. The first-order valence-electron chi connectivity index (χ1n) is 5.50. The molecule has 0 spiro atoms. The molecule has 16 heavy (non-hydrogen) atoms. The smallest absolute Gasteiger partial charge is 0.0352 e. The minimum atomic E-state index is 1.25. The second-order valence-corrected chi connectivity index (χ2v) is 4.22. The van der Waals surface area contributed by atoms with Gasteiger partial charge in [0.1, 0.15) is 0 Å². The van der Waals surface area contributed by atoms with Crippen molar-refractivity contribution in [2.75, 3.05) is 0 Å². The monoisotopic (exact) mass is 207 g/mol. The number of aromatic nitrogens is 1. The summed E-state index contributed by atoms with van der Waals surface area (Å²) < 4.78 is 0. The summed E-state index contributed by atoms with van der Waals surface area (Å²) in [6.45, 7) is 4.38. The zero-order chi connectivity index (χ0) is 11.1. The van der Waals surface area contributed by atoms with Gasteiger partial charge in [-0.05, 0) is 47.2 Å². The van der Waals surface area contributed by atoms with Gasteiger partial charge in [-0.1, -0.05) is 24.3 Å². The van der Waals surface area contributed by atoms with Crippen LogP contribution in [0.25, 0.3) is 21.5 Å². The number of rotatable bonds is 0. The van der Waals surface area contributed by atoms with Crippen LogP contribution in [0.1, 0.15) is 11.1 Å². The summed E-state index contributed by atoms with van der Waals surface area (Å²) in [6, 6.07) is 10.6. The maximum Gasteiger partial charge on any atom is 0.0352 e. The van der Waals surface area contributed by atoms with E-state index in [0.717, 1.165) is 0 Å². The van der Waals surface area contributed by atoms with Crippen LogP contribution in [0.5, 0.6) is 0 Å². The molecule has 2 aromatic carbocycles. The van der Waals surface area contributed by atoms with Gasteiger partial charge < -0.3 is 0 Å². The molecule has 1 nitrogen and oxygen atoms in total. The molecular formula is C15H13N. The zero-order valence-corrected chi connectivity index (χ0v) is 9.49. The highest BCUT2D eigenvalue weighted by atomic mass is 14.6. The van der Waals surface area contributed by atoms with E-state index in [0.29, 0.717) is 0 Å². The molecule has 3 rings (SSSR count). The molecule has 0 radical (unpaired) electrons. The summed E-state index contributed by atoms with van der Waals surface area (Å²) in [5, 5.41) is 5.20. The van der Waals surface area contributed by atoms with Crippen molar-refractivity contribution >= 4 is 21.5 Å². The Bertz CT molecular complexity index is 623. The highest BCUT2D eigenvalue weighted by molar-refractivity contribution is 6.10. The number of nitrogens with zero attached hydrogens (tertiary/aromatic N) is 1. The maximum atomic E-state index is 4.23. The van der Waals surface area contributed by atoms with Crippen LogP contribution in [0.3, 0.4) is 0 Å². The molecule has 1 heterocycles. The Kier molecular flexibility index (Phi) is 1.93. The minimum absolute atomic E-state index is 1.25. The Labute approximate surface area is 94.7 Å². The lowest BCUT2D eigenvalue weighted by molar-refractivity contribution is 1.35. The number of aryl methyl sites for hydroxylation is 2. The fourth-order valence-corrected chi connectivity index (χ4v) is 2.39. The molecule has 0 saturated heterocycles. The summed E-state index contributed by atoms with van der Waals surface area (Å²) in [7, 11) is 0. The highest BCUT2D eigenvalue weighted by Gasteiger charge is 2.07. The molecule has 0 saturated carbocycles. The predicted octanol–water partition coefficient (Wildman–Crippen LogP) is 4.00. The molecule has 0 unspecified atom stereocenters. The van der Waals surface area contributed by atoms with Crippen LogP contribution in [-0.2, 0) is 0 Å². The fraction of sp³-hybridized carbons (Fsp3) is 0.133. The SMILES string of the molecule is Cc1c(C)c2ccncc2c2ccccc12. The van der Waals surface area contributed by atoms with Crippen LogP contribution in [0.2, 0.25) is 0 Å². The van der Waals surface area contributed by atoms with Crippen molar-refractivity contribution in [1.29, 1.82) is 0 Å². The van der Waals surface area contributed by atoms with Crippen molar-refractivity contribution in [3.8, 4) is 0 Å². The van der Waals surface area contributed by atoms with Crippen molar-refractivity contribution in [2.45, 2.75) is 13.8 Å². The largest absolute Gasteiger partial charge is 0.264 e. The first-order valence-corrected chi connectivity index (χ1v) is 5.50. The van der Waals surface area contributed by atoms with E-state index in [4.69, 9.17) is 0 Å². The van der Waals surface area contributed by atoms with Crippen LogP contribution < -0.4 is 0 Å². The first-order chi connectivity index (χ1) is 7.79. The van der Waals surface area contributed by atoms with Gasteiger partial charge in [-0.2, -0.15) is 0 Å². The summed E-state index contributed by atoms with van der Waals surface area (Å²) in [5.74, 6) is 0. The molecule has 0 amide bonds. The third-order valence-corrected chi connectivity index (χ3v) is 3.41. The molecule has 78 valence electrons. The maximum absolute atomic E-state index is 4.23. The normalized spacial score (nSPS) is 11.1. The molecule has 0 fully saturated rings. The van der Waals surface area contributed by atoms with Crippen LogP contribution in [-0.4, -0.2) is 4.98 Å². The van der Waals surface area contributed by atoms with E-state index in [1.54, 1.807) is 0 Å². The summed E-state index contributed by atoms with van der Waals surface area (Å²) in [6.07, 6.45) is 3.83. The number of hydrogen-bond acceptors (Lipinski definition) is 1. The first kappa shape index (κ1) is 9.34. The van der Waals surface area contributed by atoms with Gasteiger partial charge in [-0.3, -0.25) is 4.98 Å². The Hall–Kier alpha value is -1.89. The van der Waals surface area contributed by atoms with Gasteiger partial charge in [0.05, 0.1) is 0 Å². The third-order valence-electron chi connectivity index (χ3n) is 3.41. The van der Waals surface area contributed by atoms with Crippen molar-refractivity contribution < 1.29 is 0 Å². The fourth-order valence-electron chi connectivity index (χ4n) is 2.39. The molecule has 0 N–H and O–H groups in total. The van der Waals surface area contributed by atoms with Gasteiger partial charge >= 0.3 is 0 Å². The standard InChI is InChI=1S/C15H13N/c1-10-11(2)13-7-8-16-9-15(13)14-6-4-3-5-12(10)14/h3-9H,1-2H3. The third kappa shape index (κ3) is 1.15. The van der Waals surface area contributed by atoms with Crippen LogP contribution in [0.15, 0.2) is 42.7 Å². The number of pyridine rings is 1. The zero-order valence-electron chi connectivity index (χ0n) is 9.49. The highest BCUT2D eigenvalue weighted by Crippen LogP contribution is 2.30. The molecule has 0 aliphatic heterocycles. The average molecular weight is 207 g/mol. The summed E-state index contributed by atoms with van der Waals surface area (Å²) in [5.41, 5.74) is 2.73. The summed E-state index contributed by atoms with van der Waals surface area (Å²) in [4.78, 5) is 4.23. The van der Waals surface area contributed by atoms with Gasteiger partial charge in [0.2, 0.25) is 0 Å². The number of benzene rings is 2. The second kappa shape index (κ2) is 3.31. The molecule has 0 aliphatic rings. The number of fused-ring (bicyclic) bond motifs is 3. The van der Waals surface area contributed by atoms with E-state index in [1.807, 2.05) is 12.4 Å². The Morgan fingerprint density at radius 1 is 0.750 bits per heavy atom.